The molecule has 1 aliphatic rings. The first-order valence-corrected chi connectivity index (χ1v) is 7.86. The highest BCUT2D eigenvalue weighted by molar-refractivity contribution is 5.67. The van der Waals surface area contributed by atoms with E-state index in [1.165, 1.54) is 0 Å². The predicted octanol–water partition coefficient (Wildman–Crippen LogP) is 3.55. The Kier molecular flexibility index (Phi) is 6.72. The number of azide groups is 1. The monoisotopic (exact) mass is 318 g/mol. The Morgan fingerprint density at radius 2 is 2.17 bits per heavy atom. The van der Waals surface area contributed by atoms with Crippen molar-refractivity contribution >= 4 is 6.09 Å². The van der Waals surface area contributed by atoms with Crippen LogP contribution in [0.4, 0.5) is 4.79 Å². The van der Waals surface area contributed by atoms with Gasteiger partial charge in [-0.05, 0) is 37.3 Å². The molecule has 1 amide bonds. The fourth-order valence-corrected chi connectivity index (χ4v) is 2.74. The number of amides is 1. The van der Waals surface area contributed by atoms with Gasteiger partial charge in [-0.3, -0.25) is 0 Å². The smallest absolute Gasteiger partial charge is 0.407 e. The summed E-state index contributed by atoms with van der Waals surface area (Å²) in [5.74, 6) is 0. The highest BCUT2D eigenvalue weighted by Crippen LogP contribution is 2.25. The van der Waals surface area contributed by atoms with Gasteiger partial charge in [0.05, 0.1) is 25.4 Å². The fraction of sp³-hybridized carbons (Fsp3) is 0.562. The summed E-state index contributed by atoms with van der Waals surface area (Å²) in [6.07, 6.45) is 1.64. The maximum absolute atomic E-state index is 11.6. The van der Waals surface area contributed by atoms with Crippen molar-refractivity contribution in [3.63, 3.8) is 0 Å². The summed E-state index contributed by atoms with van der Waals surface area (Å²) in [6.45, 7) is 2.59. The average molecular weight is 318 g/mol. The van der Waals surface area contributed by atoms with E-state index in [0.717, 1.165) is 12.0 Å². The fourth-order valence-electron chi connectivity index (χ4n) is 2.74. The number of hydrogen-bond donors (Lipinski definition) is 1. The first-order chi connectivity index (χ1) is 11.2. The molecule has 1 aromatic rings. The molecule has 0 heterocycles. The van der Waals surface area contributed by atoms with E-state index < -0.39 is 6.09 Å². The Bertz CT molecular complexity index is 546. The molecule has 1 N–H and O–H groups in total. The lowest BCUT2D eigenvalue weighted by atomic mass is 9.88. The topological polar surface area (TPSA) is 96.3 Å². The van der Waals surface area contributed by atoms with E-state index in [2.05, 4.69) is 15.3 Å². The molecule has 0 bridgehead atoms. The molecule has 0 saturated heterocycles. The Balaban J connectivity index is 1.87. The molecule has 1 fully saturated rings. The predicted molar refractivity (Wildman–Crippen MR) is 85.7 cm³/mol. The van der Waals surface area contributed by atoms with Crippen molar-refractivity contribution in [2.24, 2.45) is 5.11 Å². The molecule has 0 unspecified atom stereocenters. The number of alkyl carbamates (subject to hydrolysis) is 1. The summed E-state index contributed by atoms with van der Waals surface area (Å²) in [4.78, 5) is 14.4. The van der Waals surface area contributed by atoms with E-state index in [1.54, 1.807) is 6.92 Å². The Labute approximate surface area is 135 Å². The zero-order valence-corrected chi connectivity index (χ0v) is 13.2. The van der Waals surface area contributed by atoms with Crippen molar-refractivity contribution in [3.8, 4) is 0 Å². The van der Waals surface area contributed by atoms with E-state index in [4.69, 9.17) is 15.0 Å². The maximum atomic E-state index is 11.6. The second-order valence-corrected chi connectivity index (χ2v) is 5.48. The quantitative estimate of drug-likeness (QED) is 0.493. The van der Waals surface area contributed by atoms with Gasteiger partial charge in [-0.2, -0.15) is 0 Å². The number of carbonyl (C=O) groups is 1. The van der Waals surface area contributed by atoms with Crippen LogP contribution in [0.1, 0.15) is 31.7 Å². The van der Waals surface area contributed by atoms with Crippen LogP contribution in [0, 0.1) is 0 Å². The van der Waals surface area contributed by atoms with Crippen LogP contribution in [0.25, 0.3) is 10.4 Å². The number of ether oxygens (including phenoxy) is 2. The molecule has 2 rings (SSSR count). The number of rotatable bonds is 6. The van der Waals surface area contributed by atoms with Crippen molar-refractivity contribution < 1.29 is 14.3 Å². The number of nitrogens with zero attached hydrogens (tertiary/aromatic N) is 3. The van der Waals surface area contributed by atoms with Gasteiger partial charge in [0.1, 0.15) is 0 Å². The molecule has 3 atom stereocenters. The van der Waals surface area contributed by atoms with Gasteiger partial charge in [0, 0.05) is 11.0 Å². The Hall–Kier alpha value is -2.24. The van der Waals surface area contributed by atoms with Gasteiger partial charge in [0.25, 0.3) is 0 Å². The van der Waals surface area contributed by atoms with Crippen LogP contribution >= 0.6 is 0 Å². The summed E-state index contributed by atoms with van der Waals surface area (Å²) >= 11 is 0. The van der Waals surface area contributed by atoms with Crippen molar-refractivity contribution in [2.75, 3.05) is 6.61 Å². The third-order valence-electron chi connectivity index (χ3n) is 3.88. The summed E-state index contributed by atoms with van der Waals surface area (Å²) in [5.41, 5.74) is 9.85. The molecule has 0 spiro atoms. The summed E-state index contributed by atoms with van der Waals surface area (Å²) in [7, 11) is 0. The molecule has 0 aromatic heterocycles. The van der Waals surface area contributed by atoms with Crippen LogP contribution < -0.4 is 5.32 Å². The molecule has 1 saturated carbocycles. The van der Waals surface area contributed by atoms with Crippen LogP contribution in [-0.2, 0) is 16.1 Å². The largest absolute Gasteiger partial charge is 0.450 e. The SMILES string of the molecule is CCOC(=O)N[C@@H]1CC[C@H](OCc2ccccc2)C[C@H]1N=[N+]=[N-]. The maximum Gasteiger partial charge on any atom is 0.407 e. The first kappa shape index (κ1) is 17.1. The van der Waals surface area contributed by atoms with Crippen molar-refractivity contribution in [2.45, 2.75) is 51.0 Å². The van der Waals surface area contributed by atoms with E-state index in [9.17, 15) is 4.79 Å². The Morgan fingerprint density at radius 3 is 2.87 bits per heavy atom. The lowest BCUT2D eigenvalue weighted by Crippen LogP contribution is -2.47. The molecule has 124 valence electrons. The molecular formula is C16H22N4O3. The normalized spacial score (nSPS) is 23.6. The van der Waals surface area contributed by atoms with Gasteiger partial charge in [-0.25, -0.2) is 4.79 Å². The summed E-state index contributed by atoms with van der Waals surface area (Å²) in [5, 5.41) is 6.58. The number of benzene rings is 1. The summed E-state index contributed by atoms with van der Waals surface area (Å²) in [6, 6.07) is 9.41. The lowest BCUT2D eigenvalue weighted by Gasteiger charge is -2.33. The average Bonchev–Trinajstić information content (AvgIpc) is 2.56. The van der Waals surface area contributed by atoms with Crippen LogP contribution in [-0.4, -0.2) is 30.9 Å². The minimum absolute atomic E-state index is 0.0194. The van der Waals surface area contributed by atoms with Crippen LogP contribution in [0.2, 0.25) is 0 Å². The molecule has 7 nitrogen and oxygen atoms in total. The summed E-state index contributed by atoms with van der Waals surface area (Å²) < 4.78 is 10.8. The third-order valence-corrected chi connectivity index (χ3v) is 3.88. The second kappa shape index (κ2) is 9.02. The van der Waals surface area contributed by atoms with Crippen LogP contribution in [0.3, 0.4) is 0 Å². The van der Waals surface area contributed by atoms with E-state index in [0.29, 0.717) is 26.1 Å². The Morgan fingerprint density at radius 1 is 1.39 bits per heavy atom. The van der Waals surface area contributed by atoms with Gasteiger partial charge < -0.3 is 14.8 Å². The number of hydrogen-bond acceptors (Lipinski definition) is 4. The highest BCUT2D eigenvalue weighted by atomic mass is 16.5. The zero-order valence-electron chi connectivity index (χ0n) is 13.2. The van der Waals surface area contributed by atoms with Gasteiger partial charge in [-0.1, -0.05) is 35.4 Å². The zero-order chi connectivity index (χ0) is 16.5. The lowest BCUT2D eigenvalue weighted by molar-refractivity contribution is 0.00564. The van der Waals surface area contributed by atoms with Crippen molar-refractivity contribution in [1.82, 2.24) is 5.32 Å². The van der Waals surface area contributed by atoms with Crippen molar-refractivity contribution in [3.05, 3.63) is 46.3 Å². The molecular weight excluding hydrogens is 296 g/mol. The highest BCUT2D eigenvalue weighted by Gasteiger charge is 2.31. The minimum atomic E-state index is -0.473. The standard InChI is InChI=1S/C16H22N4O3/c1-2-22-16(21)18-14-9-8-13(10-15(14)19-20-17)23-11-12-6-4-3-5-7-12/h3-7,13-15H,2,8-11H2,1H3,(H,18,21)/t13-,14+,15+/m0/s1. The molecule has 1 aliphatic carbocycles. The van der Waals surface area contributed by atoms with Gasteiger partial charge >= 0.3 is 6.09 Å². The second-order valence-electron chi connectivity index (χ2n) is 5.48. The van der Waals surface area contributed by atoms with Crippen molar-refractivity contribution in [1.29, 1.82) is 0 Å². The third kappa shape index (κ3) is 5.47. The first-order valence-electron chi connectivity index (χ1n) is 7.86. The molecule has 0 aliphatic heterocycles. The van der Waals surface area contributed by atoms with E-state index in [-0.39, 0.29) is 18.2 Å². The minimum Gasteiger partial charge on any atom is -0.450 e. The van der Waals surface area contributed by atoms with Gasteiger partial charge in [0.15, 0.2) is 0 Å². The van der Waals surface area contributed by atoms with Gasteiger partial charge in [0.2, 0.25) is 0 Å². The molecule has 7 heteroatoms. The number of carbonyl (C=O) groups excluding carboxylic acids is 1. The van der Waals surface area contributed by atoms with E-state index >= 15 is 0 Å². The van der Waals surface area contributed by atoms with E-state index in [1.807, 2.05) is 30.3 Å². The molecule has 1 aromatic carbocycles. The van der Waals surface area contributed by atoms with Crippen LogP contribution in [0.15, 0.2) is 35.4 Å². The number of nitrogens with one attached hydrogen (secondary N) is 1. The van der Waals surface area contributed by atoms with Gasteiger partial charge in [-0.15, -0.1) is 0 Å². The van der Waals surface area contributed by atoms with Crippen LogP contribution in [0.5, 0.6) is 0 Å². The molecule has 0 radical (unpaired) electrons. The molecule has 23 heavy (non-hydrogen) atoms.